The van der Waals surface area contributed by atoms with Gasteiger partial charge in [-0.2, -0.15) is 0 Å². The standard InChI is InChI=1S/C13H17NO4/c1-17-11-6-9(13(15)16)5-10(12(11)18-2)8-3-4-14-7-8/h5-6,8,14H,3-4,7H2,1-2H3,(H,15,16). The maximum atomic E-state index is 11.1. The smallest absolute Gasteiger partial charge is 0.335 e. The molecule has 0 aromatic heterocycles. The number of hydrogen-bond donors (Lipinski definition) is 2. The molecule has 1 aliphatic rings. The SMILES string of the molecule is COc1cc(C(=O)O)cc(C2CCNC2)c1OC. The number of nitrogens with one attached hydrogen (secondary N) is 1. The number of carbonyl (C=O) groups is 1. The fraction of sp³-hybridized carbons (Fsp3) is 0.462. The molecule has 1 aromatic carbocycles. The zero-order valence-electron chi connectivity index (χ0n) is 10.5. The summed E-state index contributed by atoms with van der Waals surface area (Å²) in [6.07, 6.45) is 0.975. The lowest BCUT2D eigenvalue weighted by Gasteiger charge is -2.17. The first-order chi connectivity index (χ1) is 8.67. The van der Waals surface area contributed by atoms with Gasteiger partial charge in [-0.15, -0.1) is 0 Å². The molecule has 1 aromatic rings. The number of rotatable bonds is 4. The molecule has 1 heterocycles. The predicted octanol–water partition coefficient (Wildman–Crippen LogP) is 1.48. The Morgan fingerprint density at radius 3 is 2.67 bits per heavy atom. The number of methoxy groups -OCH3 is 2. The molecule has 1 atom stereocenters. The number of ether oxygens (including phenoxy) is 2. The zero-order valence-corrected chi connectivity index (χ0v) is 10.5. The van der Waals surface area contributed by atoms with E-state index in [-0.39, 0.29) is 11.5 Å². The number of aromatic carboxylic acids is 1. The molecule has 0 amide bonds. The lowest BCUT2D eigenvalue weighted by atomic mass is 9.95. The van der Waals surface area contributed by atoms with E-state index in [0.29, 0.717) is 11.5 Å². The van der Waals surface area contributed by atoms with E-state index in [2.05, 4.69) is 5.32 Å². The first kappa shape index (κ1) is 12.7. The maximum absolute atomic E-state index is 11.1. The van der Waals surface area contributed by atoms with Crippen molar-refractivity contribution in [2.45, 2.75) is 12.3 Å². The first-order valence-electron chi connectivity index (χ1n) is 5.87. The third-order valence-electron chi connectivity index (χ3n) is 3.25. The third kappa shape index (κ3) is 2.26. The molecule has 18 heavy (non-hydrogen) atoms. The summed E-state index contributed by atoms with van der Waals surface area (Å²) < 4.78 is 10.6. The van der Waals surface area contributed by atoms with Crippen molar-refractivity contribution in [1.82, 2.24) is 5.32 Å². The predicted molar refractivity (Wildman–Crippen MR) is 66.7 cm³/mol. The van der Waals surface area contributed by atoms with Crippen LogP contribution in [0.1, 0.15) is 28.3 Å². The van der Waals surface area contributed by atoms with Crippen LogP contribution < -0.4 is 14.8 Å². The molecule has 5 nitrogen and oxygen atoms in total. The van der Waals surface area contributed by atoms with Gasteiger partial charge < -0.3 is 19.9 Å². The Morgan fingerprint density at radius 1 is 1.39 bits per heavy atom. The molecule has 1 fully saturated rings. The molecule has 1 aliphatic heterocycles. The van der Waals surface area contributed by atoms with Crippen molar-refractivity contribution in [1.29, 1.82) is 0 Å². The fourth-order valence-corrected chi connectivity index (χ4v) is 2.34. The van der Waals surface area contributed by atoms with Gasteiger partial charge in [-0.1, -0.05) is 0 Å². The van der Waals surface area contributed by atoms with Gasteiger partial charge in [0.05, 0.1) is 19.8 Å². The molecule has 2 N–H and O–H groups in total. The van der Waals surface area contributed by atoms with Crippen molar-refractivity contribution in [2.75, 3.05) is 27.3 Å². The Balaban J connectivity index is 2.52. The van der Waals surface area contributed by atoms with Crippen molar-refractivity contribution in [3.05, 3.63) is 23.3 Å². The summed E-state index contributed by atoms with van der Waals surface area (Å²) in [4.78, 5) is 11.1. The second kappa shape index (κ2) is 5.27. The van der Waals surface area contributed by atoms with Crippen LogP contribution in [0.3, 0.4) is 0 Å². The van der Waals surface area contributed by atoms with Crippen LogP contribution in [0.15, 0.2) is 12.1 Å². The lowest BCUT2D eigenvalue weighted by molar-refractivity contribution is 0.0696. The van der Waals surface area contributed by atoms with Crippen molar-refractivity contribution in [2.24, 2.45) is 0 Å². The molecule has 0 radical (unpaired) electrons. The molecule has 1 saturated heterocycles. The molecule has 98 valence electrons. The van der Waals surface area contributed by atoms with Gasteiger partial charge in [0, 0.05) is 18.0 Å². The molecule has 2 rings (SSSR count). The minimum Gasteiger partial charge on any atom is -0.493 e. The van der Waals surface area contributed by atoms with Crippen molar-refractivity contribution in [3.8, 4) is 11.5 Å². The molecular weight excluding hydrogens is 234 g/mol. The Morgan fingerprint density at radius 2 is 2.17 bits per heavy atom. The second-order valence-electron chi connectivity index (χ2n) is 4.30. The molecule has 0 aliphatic carbocycles. The summed E-state index contributed by atoms with van der Waals surface area (Å²) in [5.41, 5.74) is 1.13. The maximum Gasteiger partial charge on any atom is 0.335 e. The number of benzene rings is 1. The monoisotopic (exact) mass is 251 g/mol. The van der Waals surface area contributed by atoms with Crippen LogP contribution in [-0.4, -0.2) is 38.4 Å². The van der Waals surface area contributed by atoms with Gasteiger partial charge in [0.2, 0.25) is 0 Å². The van der Waals surface area contributed by atoms with Crippen molar-refractivity contribution < 1.29 is 19.4 Å². The normalized spacial score (nSPS) is 18.7. The van der Waals surface area contributed by atoms with Crippen LogP contribution in [0, 0.1) is 0 Å². The van der Waals surface area contributed by atoms with E-state index in [9.17, 15) is 4.79 Å². The van der Waals surface area contributed by atoms with E-state index in [4.69, 9.17) is 14.6 Å². The average Bonchev–Trinajstić information content (AvgIpc) is 2.90. The van der Waals surface area contributed by atoms with Crippen LogP contribution in [0.2, 0.25) is 0 Å². The summed E-state index contributed by atoms with van der Waals surface area (Å²) >= 11 is 0. The molecular formula is C13H17NO4. The molecule has 0 saturated carbocycles. The zero-order chi connectivity index (χ0) is 13.1. The average molecular weight is 251 g/mol. The van der Waals surface area contributed by atoms with Gasteiger partial charge >= 0.3 is 5.97 Å². The van der Waals surface area contributed by atoms with E-state index < -0.39 is 5.97 Å². The molecule has 0 spiro atoms. The van der Waals surface area contributed by atoms with Crippen LogP contribution in [0.25, 0.3) is 0 Å². The van der Waals surface area contributed by atoms with Crippen LogP contribution in [-0.2, 0) is 0 Å². The summed E-state index contributed by atoms with van der Waals surface area (Å²) in [6.45, 7) is 1.77. The number of carboxylic acids is 1. The summed E-state index contributed by atoms with van der Waals surface area (Å²) in [6, 6.07) is 3.18. The molecule has 5 heteroatoms. The van der Waals surface area contributed by atoms with Crippen LogP contribution >= 0.6 is 0 Å². The van der Waals surface area contributed by atoms with Crippen molar-refractivity contribution >= 4 is 5.97 Å². The summed E-state index contributed by atoms with van der Waals surface area (Å²) in [5.74, 6) is 0.423. The number of hydrogen-bond acceptors (Lipinski definition) is 4. The highest BCUT2D eigenvalue weighted by molar-refractivity contribution is 5.89. The lowest BCUT2D eigenvalue weighted by Crippen LogP contribution is -2.10. The topological polar surface area (TPSA) is 67.8 Å². The van der Waals surface area contributed by atoms with E-state index in [1.54, 1.807) is 13.2 Å². The first-order valence-corrected chi connectivity index (χ1v) is 5.87. The third-order valence-corrected chi connectivity index (χ3v) is 3.25. The van der Waals surface area contributed by atoms with E-state index >= 15 is 0 Å². The van der Waals surface area contributed by atoms with Gasteiger partial charge in [0.1, 0.15) is 0 Å². The van der Waals surface area contributed by atoms with Gasteiger partial charge in [-0.05, 0) is 25.1 Å². The Kier molecular flexibility index (Phi) is 3.72. The Labute approximate surface area is 106 Å². The van der Waals surface area contributed by atoms with Gasteiger partial charge in [0.25, 0.3) is 0 Å². The Hall–Kier alpha value is -1.75. The van der Waals surface area contributed by atoms with E-state index in [1.165, 1.54) is 13.2 Å². The Bertz CT molecular complexity index is 453. The molecule has 0 bridgehead atoms. The van der Waals surface area contributed by atoms with Crippen molar-refractivity contribution in [3.63, 3.8) is 0 Å². The molecule has 1 unspecified atom stereocenters. The highest BCUT2D eigenvalue weighted by atomic mass is 16.5. The quantitative estimate of drug-likeness (QED) is 0.848. The van der Waals surface area contributed by atoms with Crippen LogP contribution in [0.4, 0.5) is 0 Å². The minimum atomic E-state index is -0.955. The van der Waals surface area contributed by atoms with E-state index in [0.717, 1.165) is 25.1 Å². The van der Waals surface area contributed by atoms with Crippen LogP contribution in [0.5, 0.6) is 11.5 Å². The summed E-state index contributed by atoms with van der Waals surface area (Å²) in [7, 11) is 3.09. The highest BCUT2D eigenvalue weighted by Gasteiger charge is 2.24. The highest BCUT2D eigenvalue weighted by Crippen LogP contribution is 2.38. The minimum absolute atomic E-state index is 0.231. The second-order valence-corrected chi connectivity index (χ2v) is 4.30. The summed E-state index contributed by atoms with van der Waals surface area (Å²) in [5, 5.41) is 12.4. The fourth-order valence-electron chi connectivity index (χ4n) is 2.34. The van der Waals surface area contributed by atoms with Gasteiger partial charge in [-0.3, -0.25) is 0 Å². The van der Waals surface area contributed by atoms with Gasteiger partial charge in [-0.25, -0.2) is 4.79 Å². The largest absolute Gasteiger partial charge is 0.493 e. The van der Waals surface area contributed by atoms with Gasteiger partial charge in [0.15, 0.2) is 11.5 Å². The van der Waals surface area contributed by atoms with E-state index in [1.807, 2.05) is 0 Å². The number of carboxylic acid groups (broad SMARTS) is 1.